The lowest BCUT2D eigenvalue weighted by molar-refractivity contribution is 0.101. The van der Waals surface area contributed by atoms with Crippen molar-refractivity contribution < 1.29 is 34.1 Å². The molecule has 3 aliphatic heterocycles. The molecule has 12 heteroatoms. The van der Waals surface area contributed by atoms with Crippen molar-refractivity contribution in [2.75, 3.05) is 40.3 Å². The summed E-state index contributed by atoms with van der Waals surface area (Å²) in [5, 5.41) is 22.1. The van der Waals surface area contributed by atoms with E-state index in [0.717, 1.165) is 32.9 Å². The van der Waals surface area contributed by atoms with Crippen LogP contribution >= 0.6 is 0 Å². The minimum Gasteiger partial charge on any atom is -0.508 e. The fourth-order valence-electron chi connectivity index (χ4n) is 6.94. The second-order valence-electron chi connectivity index (χ2n) is 13.5. The number of piperazine rings is 1. The summed E-state index contributed by atoms with van der Waals surface area (Å²) in [6.07, 6.45) is 7.16. The maximum Gasteiger partial charge on any atom is 0.319 e. The number of aromatic nitrogens is 2. The summed E-state index contributed by atoms with van der Waals surface area (Å²) in [6, 6.07) is 23.4. The monoisotopic (exact) mass is 723 g/mol. The predicted octanol–water partition coefficient (Wildman–Crippen LogP) is 6.78. The van der Waals surface area contributed by atoms with Crippen molar-refractivity contribution in [1.82, 2.24) is 24.7 Å². The molecule has 0 bridgehead atoms. The number of para-hydroxylation sites is 2. The number of benzene rings is 4. The highest BCUT2D eigenvalue weighted by Crippen LogP contribution is 2.41. The number of amides is 2. The SMILES string of the molecule is CN(C)C(=O)N1CCN(Cc2c(O)ccc3c2O/C(=C\c2c[nH]c4ccccc24)C3=O)CC1.O=C1/C(=C/c2c[nH]c3ccccc23)Oc2cc(O)ccc21. The molecule has 0 unspecified atom stereocenters. The van der Waals surface area contributed by atoms with Crippen LogP contribution in [0.25, 0.3) is 34.0 Å². The molecular weight excluding hydrogens is 686 g/mol. The smallest absolute Gasteiger partial charge is 0.319 e. The molecule has 4 aromatic carbocycles. The largest absolute Gasteiger partial charge is 0.508 e. The average molecular weight is 724 g/mol. The van der Waals surface area contributed by atoms with E-state index in [2.05, 4.69) is 14.9 Å². The van der Waals surface area contributed by atoms with Gasteiger partial charge in [0, 0.05) is 98.2 Å². The molecule has 0 saturated carbocycles. The number of carbonyl (C=O) groups is 3. The van der Waals surface area contributed by atoms with Gasteiger partial charge in [0.05, 0.1) is 16.7 Å². The summed E-state index contributed by atoms with van der Waals surface area (Å²) < 4.78 is 11.6. The molecule has 1 fully saturated rings. The van der Waals surface area contributed by atoms with E-state index >= 15 is 0 Å². The van der Waals surface area contributed by atoms with Crippen LogP contribution in [0.1, 0.15) is 37.4 Å². The number of H-pyrrole nitrogens is 2. The van der Waals surface area contributed by atoms with E-state index in [1.54, 1.807) is 49.3 Å². The van der Waals surface area contributed by atoms with Gasteiger partial charge in [0.25, 0.3) is 0 Å². The Labute approximate surface area is 310 Å². The van der Waals surface area contributed by atoms with Crippen molar-refractivity contribution in [3.8, 4) is 23.0 Å². The van der Waals surface area contributed by atoms with Gasteiger partial charge >= 0.3 is 6.03 Å². The maximum absolute atomic E-state index is 13.0. The van der Waals surface area contributed by atoms with Crippen LogP contribution in [0.4, 0.5) is 4.79 Å². The number of rotatable bonds is 4. The molecule has 4 N–H and O–H groups in total. The van der Waals surface area contributed by atoms with Crippen molar-refractivity contribution in [3.63, 3.8) is 0 Å². The molecule has 1 saturated heterocycles. The molecule has 272 valence electrons. The van der Waals surface area contributed by atoms with E-state index in [1.807, 2.05) is 65.8 Å². The number of nitrogens with one attached hydrogen (secondary N) is 2. The lowest BCUT2D eigenvalue weighted by Gasteiger charge is -2.36. The molecule has 3 aliphatic rings. The number of ketones is 2. The molecule has 12 nitrogen and oxygen atoms in total. The highest BCUT2D eigenvalue weighted by Gasteiger charge is 2.33. The number of nitrogens with zero attached hydrogens (tertiary/aromatic N) is 3. The van der Waals surface area contributed by atoms with Crippen molar-refractivity contribution >= 4 is 51.6 Å². The number of phenolic OH excluding ortho intramolecular Hbond substituents is 2. The standard InChI is InChI=1S/C25H26N4O4.C17H11NO3/c1-27(2)25(32)29-11-9-28(10-12-29)15-19-21(30)8-7-18-23(31)22(33-24(18)19)13-16-14-26-20-6-4-3-5-17(16)20;19-11-5-6-13-15(8-11)21-16(17(13)20)7-10-9-18-14-4-2-1-3-12(10)14/h3-8,13-14,26,30H,9-12,15H2,1-2H3;1-9,18-19H/b22-13-;16-7-. The third kappa shape index (κ3) is 6.43. The summed E-state index contributed by atoms with van der Waals surface area (Å²) in [4.78, 5) is 49.4. The van der Waals surface area contributed by atoms with Crippen LogP contribution in [-0.2, 0) is 6.54 Å². The second kappa shape index (κ2) is 14.0. The van der Waals surface area contributed by atoms with E-state index in [4.69, 9.17) is 9.47 Å². The summed E-state index contributed by atoms with van der Waals surface area (Å²) in [5.41, 5.74) is 5.27. The Morgan fingerprint density at radius 1 is 0.759 bits per heavy atom. The molecule has 2 amide bonds. The van der Waals surface area contributed by atoms with Crippen LogP contribution in [0.3, 0.4) is 0 Å². The highest BCUT2D eigenvalue weighted by atomic mass is 16.5. The zero-order valence-electron chi connectivity index (χ0n) is 29.6. The van der Waals surface area contributed by atoms with Gasteiger partial charge in [-0.05, 0) is 48.6 Å². The van der Waals surface area contributed by atoms with Gasteiger partial charge in [-0.3, -0.25) is 14.5 Å². The minimum absolute atomic E-state index is 0.000843. The number of carbonyl (C=O) groups excluding carboxylic acids is 3. The first-order chi connectivity index (χ1) is 26.1. The van der Waals surface area contributed by atoms with Gasteiger partial charge in [0.1, 0.15) is 23.0 Å². The van der Waals surface area contributed by atoms with Crippen LogP contribution in [0.5, 0.6) is 23.0 Å². The topological polar surface area (TPSA) is 151 Å². The van der Waals surface area contributed by atoms with Crippen LogP contribution < -0.4 is 9.47 Å². The van der Waals surface area contributed by atoms with Gasteiger partial charge < -0.3 is 39.5 Å². The van der Waals surface area contributed by atoms with Crippen molar-refractivity contribution in [2.24, 2.45) is 0 Å². The molecule has 0 spiro atoms. The van der Waals surface area contributed by atoms with Crippen LogP contribution in [0.2, 0.25) is 0 Å². The molecule has 9 rings (SSSR count). The molecule has 6 aromatic rings. The first-order valence-electron chi connectivity index (χ1n) is 17.5. The number of ether oxygens (including phenoxy) is 2. The number of urea groups is 1. The van der Waals surface area contributed by atoms with E-state index in [9.17, 15) is 24.6 Å². The molecule has 5 heterocycles. The van der Waals surface area contributed by atoms with Gasteiger partial charge in [0.15, 0.2) is 11.5 Å². The number of aromatic hydroxyl groups is 2. The molecule has 0 radical (unpaired) electrons. The van der Waals surface area contributed by atoms with Crippen LogP contribution in [-0.4, -0.2) is 92.8 Å². The highest BCUT2D eigenvalue weighted by molar-refractivity contribution is 6.16. The van der Waals surface area contributed by atoms with Crippen molar-refractivity contribution in [1.29, 1.82) is 0 Å². The number of Topliss-reactive ketones (excluding diaryl/α,β-unsaturated/α-hetero) is 2. The first-order valence-corrected chi connectivity index (χ1v) is 17.5. The Kier molecular flexibility index (Phi) is 8.88. The third-order valence-electron chi connectivity index (χ3n) is 9.79. The quantitative estimate of drug-likeness (QED) is 0.145. The van der Waals surface area contributed by atoms with Gasteiger partial charge in [-0.15, -0.1) is 0 Å². The molecule has 0 aliphatic carbocycles. The fraction of sp³-hybridized carbons (Fsp3) is 0.167. The maximum atomic E-state index is 13.0. The number of fused-ring (bicyclic) bond motifs is 4. The molecule has 0 atom stereocenters. The van der Waals surface area contributed by atoms with Gasteiger partial charge in [-0.2, -0.15) is 0 Å². The van der Waals surface area contributed by atoms with Gasteiger partial charge in [0.2, 0.25) is 11.6 Å². The van der Waals surface area contributed by atoms with Crippen LogP contribution in [0, 0.1) is 0 Å². The Hall–Kier alpha value is -6.79. The number of hydrogen-bond acceptors (Lipinski definition) is 8. The Bertz CT molecular complexity index is 2520. The lowest BCUT2D eigenvalue weighted by Crippen LogP contribution is -2.51. The zero-order chi connectivity index (χ0) is 37.5. The van der Waals surface area contributed by atoms with Gasteiger partial charge in [-0.25, -0.2) is 4.79 Å². The Balaban J connectivity index is 0.000000169. The Morgan fingerprint density at radius 2 is 1.33 bits per heavy atom. The summed E-state index contributed by atoms with van der Waals surface area (Å²) >= 11 is 0. The first kappa shape index (κ1) is 34.3. The van der Waals surface area contributed by atoms with Crippen LogP contribution in [0.15, 0.2) is 103 Å². The van der Waals surface area contributed by atoms with Crippen molar-refractivity contribution in [2.45, 2.75) is 6.54 Å². The summed E-state index contributed by atoms with van der Waals surface area (Å²) in [6.45, 7) is 3.01. The number of phenols is 2. The summed E-state index contributed by atoms with van der Waals surface area (Å²) in [7, 11) is 3.49. The number of hydrogen-bond donors (Lipinski definition) is 4. The minimum atomic E-state index is -0.196. The van der Waals surface area contributed by atoms with E-state index in [0.29, 0.717) is 60.9 Å². The van der Waals surface area contributed by atoms with E-state index in [1.165, 1.54) is 12.1 Å². The molecule has 2 aromatic heterocycles. The van der Waals surface area contributed by atoms with E-state index < -0.39 is 0 Å². The lowest BCUT2D eigenvalue weighted by atomic mass is 10.0. The third-order valence-corrected chi connectivity index (χ3v) is 9.79. The Morgan fingerprint density at radius 3 is 1.96 bits per heavy atom. The summed E-state index contributed by atoms with van der Waals surface area (Å²) in [5.74, 6) is 1.12. The molecular formula is C42H37N5O7. The van der Waals surface area contributed by atoms with Crippen molar-refractivity contribution in [3.05, 3.63) is 131 Å². The zero-order valence-corrected chi connectivity index (χ0v) is 29.6. The second-order valence-corrected chi connectivity index (χ2v) is 13.5. The average Bonchev–Trinajstić information content (AvgIpc) is 3.94. The fourth-order valence-corrected chi connectivity index (χ4v) is 6.94. The predicted molar refractivity (Wildman–Crippen MR) is 205 cm³/mol. The molecule has 54 heavy (non-hydrogen) atoms. The number of allylic oxidation sites excluding steroid dienone is 2. The normalized spacial score (nSPS) is 16.7. The van der Waals surface area contributed by atoms with E-state index in [-0.39, 0.29) is 40.6 Å². The van der Waals surface area contributed by atoms with Gasteiger partial charge in [-0.1, -0.05) is 36.4 Å². The number of aromatic amines is 2.